The van der Waals surface area contributed by atoms with Crippen LogP contribution < -0.4 is 5.73 Å². The van der Waals surface area contributed by atoms with Gasteiger partial charge in [0.2, 0.25) is 0 Å². The second kappa shape index (κ2) is 2.37. The maximum absolute atomic E-state index is 9.32. The van der Waals surface area contributed by atoms with Crippen LogP contribution in [0.5, 0.6) is 0 Å². The van der Waals surface area contributed by atoms with Crippen molar-refractivity contribution < 1.29 is 5.11 Å². The first-order chi connectivity index (χ1) is 6.17. The summed E-state index contributed by atoms with van der Waals surface area (Å²) >= 11 is 0. The van der Waals surface area contributed by atoms with Crippen LogP contribution in [-0.4, -0.2) is 16.7 Å². The molecule has 2 heteroatoms. The molecule has 2 fully saturated rings. The summed E-state index contributed by atoms with van der Waals surface area (Å²) in [5, 5.41) is 9.32. The van der Waals surface area contributed by atoms with Gasteiger partial charge in [0.15, 0.2) is 0 Å². The molecule has 0 aromatic carbocycles. The van der Waals surface area contributed by atoms with Gasteiger partial charge < -0.3 is 10.8 Å². The maximum atomic E-state index is 9.32. The summed E-state index contributed by atoms with van der Waals surface area (Å²) in [5.41, 5.74) is 6.27. The van der Waals surface area contributed by atoms with Crippen molar-refractivity contribution in [3.05, 3.63) is 12.2 Å². The summed E-state index contributed by atoms with van der Waals surface area (Å²) in [7, 11) is 0. The van der Waals surface area contributed by atoms with Crippen molar-refractivity contribution in [3.8, 4) is 0 Å². The number of aliphatic hydroxyl groups is 1. The molecule has 0 aromatic heterocycles. The molecule has 0 aliphatic heterocycles. The Bertz CT molecular complexity index is 255. The number of aliphatic hydroxyl groups excluding tert-OH is 1. The predicted octanol–water partition coefficient (Wildman–Crippen LogP) is 1.05. The molecule has 3 atom stereocenters. The van der Waals surface area contributed by atoms with E-state index in [-0.39, 0.29) is 11.6 Å². The summed E-state index contributed by atoms with van der Waals surface area (Å²) in [6.45, 7) is 0. The first-order valence-corrected chi connectivity index (χ1v) is 5.33. The van der Waals surface area contributed by atoms with Crippen molar-refractivity contribution in [1.29, 1.82) is 0 Å². The molecule has 3 aliphatic carbocycles. The number of allylic oxidation sites excluding steroid dienone is 2. The summed E-state index contributed by atoms with van der Waals surface area (Å²) in [5.74, 6) is 2.18. The van der Waals surface area contributed by atoms with E-state index >= 15 is 0 Å². The quantitative estimate of drug-likeness (QED) is 0.591. The van der Waals surface area contributed by atoms with Gasteiger partial charge in [-0.25, -0.2) is 0 Å². The minimum Gasteiger partial charge on any atom is -0.393 e. The lowest BCUT2D eigenvalue weighted by molar-refractivity contribution is -0.0149. The molecule has 13 heavy (non-hydrogen) atoms. The molecule has 72 valence electrons. The molecule has 2 bridgehead atoms. The molecule has 0 heterocycles. The summed E-state index contributed by atoms with van der Waals surface area (Å²) in [6, 6.07) is 0. The van der Waals surface area contributed by atoms with Crippen molar-refractivity contribution in [2.24, 2.45) is 23.5 Å². The SMILES string of the molecule is NC1(C2CC3C=CC2C3)CC(O)C1. The molecule has 0 radical (unpaired) electrons. The highest BCUT2D eigenvalue weighted by Gasteiger charge is 2.52. The summed E-state index contributed by atoms with van der Waals surface area (Å²) in [4.78, 5) is 0. The molecule has 0 saturated heterocycles. The van der Waals surface area contributed by atoms with Crippen LogP contribution in [0.2, 0.25) is 0 Å². The van der Waals surface area contributed by atoms with Crippen LogP contribution in [0.4, 0.5) is 0 Å². The number of fused-ring (bicyclic) bond motifs is 2. The lowest BCUT2D eigenvalue weighted by Gasteiger charge is -2.48. The van der Waals surface area contributed by atoms with Gasteiger partial charge in [-0.3, -0.25) is 0 Å². The summed E-state index contributed by atoms with van der Waals surface area (Å²) < 4.78 is 0. The largest absolute Gasteiger partial charge is 0.393 e. The van der Waals surface area contributed by atoms with E-state index in [1.54, 1.807) is 0 Å². The Kier molecular flexibility index (Phi) is 1.46. The van der Waals surface area contributed by atoms with Crippen LogP contribution in [0.15, 0.2) is 12.2 Å². The van der Waals surface area contributed by atoms with Gasteiger partial charge in [0.25, 0.3) is 0 Å². The fourth-order valence-corrected chi connectivity index (χ4v) is 3.56. The van der Waals surface area contributed by atoms with Crippen LogP contribution in [0.25, 0.3) is 0 Å². The molecule has 0 aromatic rings. The van der Waals surface area contributed by atoms with Gasteiger partial charge in [-0.05, 0) is 43.4 Å². The Morgan fingerprint density at radius 3 is 2.46 bits per heavy atom. The second-order valence-electron chi connectivity index (χ2n) is 5.18. The number of hydrogen-bond donors (Lipinski definition) is 2. The van der Waals surface area contributed by atoms with Gasteiger partial charge in [0.05, 0.1) is 6.10 Å². The number of hydrogen-bond acceptors (Lipinski definition) is 2. The average molecular weight is 179 g/mol. The van der Waals surface area contributed by atoms with E-state index < -0.39 is 0 Å². The lowest BCUT2D eigenvalue weighted by atomic mass is 9.63. The van der Waals surface area contributed by atoms with Gasteiger partial charge in [-0.15, -0.1) is 0 Å². The normalized spacial score (nSPS) is 58.3. The van der Waals surface area contributed by atoms with E-state index in [0.29, 0.717) is 5.92 Å². The third-order valence-corrected chi connectivity index (χ3v) is 4.25. The van der Waals surface area contributed by atoms with Crippen LogP contribution >= 0.6 is 0 Å². The van der Waals surface area contributed by atoms with E-state index in [1.807, 2.05) is 0 Å². The average Bonchev–Trinajstić information content (AvgIpc) is 2.60. The highest BCUT2D eigenvalue weighted by Crippen LogP contribution is 2.52. The molecular formula is C11H17NO. The molecule has 2 nitrogen and oxygen atoms in total. The zero-order valence-corrected chi connectivity index (χ0v) is 7.82. The maximum Gasteiger partial charge on any atom is 0.0575 e. The smallest absolute Gasteiger partial charge is 0.0575 e. The Morgan fingerprint density at radius 2 is 2.00 bits per heavy atom. The van der Waals surface area contributed by atoms with Gasteiger partial charge in [-0.1, -0.05) is 12.2 Å². The monoisotopic (exact) mass is 179 g/mol. The molecule has 0 amide bonds. The molecule has 3 aliphatic rings. The van der Waals surface area contributed by atoms with Crippen LogP contribution in [-0.2, 0) is 0 Å². The van der Waals surface area contributed by atoms with Crippen LogP contribution in [0.1, 0.15) is 25.7 Å². The Hall–Kier alpha value is -0.340. The second-order valence-corrected chi connectivity index (χ2v) is 5.18. The van der Waals surface area contributed by atoms with Crippen molar-refractivity contribution in [1.82, 2.24) is 0 Å². The van der Waals surface area contributed by atoms with E-state index in [4.69, 9.17) is 5.73 Å². The lowest BCUT2D eigenvalue weighted by Crippen LogP contribution is -2.60. The fourth-order valence-electron chi connectivity index (χ4n) is 3.56. The molecule has 3 unspecified atom stereocenters. The van der Waals surface area contributed by atoms with Gasteiger partial charge >= 0.3 is 0 Å². The molecule has 0 spiro atoms. The van der Waals surface area contributed by atoms with Crippen molar-refractivity contribution >= 4 is 0 Å². The number of rotatable bonds is 1. The van der Waals surface area contributed by atoms with Crippen molar-refractivity contribution in [2.75, 3.05) is 0 Å². The first-order valence-electron chi connectivity index (χ1n) is 5.33. The number of nitrogens with two attached hydrogens (primary N) is 1. The third-order valence-electron chi connectivity index (χ3n) is 4.25. The molecule has 3 N–H and O–H groups in total. The van der Waals surface area contributed by atoms with E-state index in [2.05, 4.69) is 12.2 Å². The zero-order chi connectivity index (χ0) is 9.05. The van der Waals surface area contributed by atoms with Gasteiger partial charge in [0.1, 0.15) is 0 Å². The highest BCUT2D eigenvalue weighted by atomic mass is 16.3. The zero-order valence-electron chi connectivity index (χ0n) is 7.82. The van der Waals surface area contributed by atoms with E-state index in [0.717, 1.165) is 24.7 Å². The Morgan fingerprint density at radius 1 is 1.23 bits per heavy atom. The minimum atomic E-state index is -0.117. The molecule has 3 rings (SSSR count). The standard InChI is InChI=1S/C11H17NO/c12-11(5-9(13)6-11)10-4-7-1-2-8(10)3-7/h1-2,7-10,13H,3-6,12H2. The molecular weight excluding hydrogens is 162 g/mol. The van der Waals surface area contributed by atoms with Gasteiger partial charge in [-0.2, -0.15) is 0 Å². The highest BCUT2D eigenvalue weighted by molar-refractivity contribution is 5.17. The Labute approximate surface area is 78.8 Å². The van der Waals surface area contributed by atoms with Crippen molar-refractivity contribution in [2.45, 2.75) is 37.3 Å². The first kappa shape index (κ1) is 8.01. The minimum absolute atomic E-state index is 0.0242. The molecule has 2 saturated carbocycles. The van der Waals surface area contributed by atoms with Crippen LogP contribution in [0.3, 0.4) is 0 Å². The predicted molar refractivity (Wildman–Crippen MR) is 51.0 cm³/mol. The summed E-state index contributed by atoms with van der Waals surface area (Å²) in [6.07, 6.45) is 8.82. The van der Waals surface area contributed by atoms with Crippen molar-refractivity contribution in [3.63, 3.8) is 0 Å². The van der Waals surface area contributed by atoms with Gasteiger partial charge in [0, 0.05) is 5.54 Å². The topological polar surface area (TPSA) is 46.2 Å². The third kappa shape index (κ3) is 1.02. The Balaban J connectivity index is 1.77. The van der Waals surface area contributed by atoms with E-state index in [9.17, 15) is 5.11 Å². The fraction of sp³-hybridized carbons (Fsp3) is 0.818. The van der Waals surface area contributed by atoms with E-state index in [1.165, 1.54) is 12.8 Å². The van der Waals surface area contributed by atoms with Crippen LogP contribution in [0, 0.1) is 17.8 Å².